The van der Waals surface area contributed by atoms with Gasteiger partial charge in [-0.25, -0.2) is 9.78 Å². The maximum atomic E-state index is 13.2. The Hall–Kier alpha value is -3.33. The zero-order valence-corrected chi connectivity index (χ0v) is 17.5. The molecule has 0 atom stereocenters. The van der Waals surface area contributed by atoms with Crippen molar-refractivity contribution in [3.63, 3.8) is 0 Å². The molecule has 1 aliphatic rings. The summed E-state index contributed by atoms with van der Waals surface area (Å²) in [5.74, 6) is 1.31. The van der Waals surface area contributed by atoms with Crippen LogP contribution in [0, 0.1) is 6.92 Å². The Labute approximate surface area is 183 Å². The Morgan fingerprint density at radius 2 is 1.69 bits per heavy atom. The van der Waals surface area contributed by atoms with Gasteiger partial charge in [-0.1, -0.05) is 30.3 Å². The number of aryl methyl sites for hydroxylation is 1. The summed E-state index contributed by atoms with van der Waals surface area (Å²) in [5.41, 5.74) is 0.644. The number of alkyl halides is 3. The smallest absolute Gasteiger partial charge is 0.418 e. The van der Waals surface area contributed by atoms with E-state index in [4.69, 9.17) is 4.42 Å². The zero-order chi connectivity index (χ0) is 22.7. The number of para-hydroxylation sites is 1. The first-order valence-corrected chi connectivity index (χ1v) is 10.3. The predicted molar refractivity (Wildman–Crippen MR) is 114 cm³/mol. The number of halogens is 3. The molecule has 0 aliphatic carbocycles. The average molecular weight is 444 g/mol. The van der Waals surface area contributed by atoms with Crippen LogP contribution in [0.1, 0.15) is 17.0 Å². The average Bonchev–Trinajstić information content (AvgIpc) is 3.14. The number of urea groups is 1. The van der Waals surface area contributed by atoms with Crippen LogP contribution in [0.5, 0.6) is 0 Å². The van der Waals surface area contributed by atoms with E-state index in [-0.39, 0.29) is 5.69 Å². The van der Waals surface area contributed by atoms with Crippen molar-refractivity contribution in [2.75, 3.05) is 31.5 Å². The molecule has 2 amide bonds. The van der Waals surface area contributed by atoms with Crippen molar-refractivity contribution in [3.05, 3.63) is 71.6 Å². The van der Waals surface area contributed by atoms with Crippen LogP contribution in [0.25, 0.3) is 11.5 Å². The number of piperazine rings is 1. The van der Waals surface area contributed by atoms with Crippen molar-refractivity contribution >= 4 is 11.7 Å². The Morgan fingerprint density at radius 1 is 1.03 bits per heavy atom. The largest absolute Gasteiger partial charge is 0.441 e. The van der Waals surface area contributed by atoms with Gasteiger partial charge in [0.1, 0.15) is 5.76 Å². The van der Waals surface area contributed by atoms with E-state index in [1.165, 1.54) is 23.1 Å². The van der Waals surface area contributed by atoms with Gasteiger partial charge in [-0.15, -0.1) is 0 Å². The number of aromatic nitrogens is 1. The number of anilines is 1. The molecule has 0 radical (unpaired) electrons. The number of amides is 2. The van der Waals surface area contributed by atoms with Crippen molar-refractivity contribution in [3.8, 4) is 11.5 Å². The first-order valence-electron chi connectivity index (χ1n) is 10.3. The highest BCUT2D eigenvalue weighted by atomic mass is 19.4. The third-order valence-corrected chi connectivity index (χ3v) is 5.42. The van der Waals surface area contributed by atoms with E-state index >= 15 is 0 Å². The number of benzene rings is 2. The monoisotopic (exact) mass is 444 g/mol. The van der Waals surface area contributed by atoms with E-state index < -0.39 is 17.8 Å². The van der Waals surface area contributed by atoms with Gasteiger partial charge in [0.2, 0.25) is 5.89 Å². The number of carbonyl (C=O) groups excluding carboxylic acids is 1. The second-order valence-electron chi connectivity index (χ2n) is 7.62. The summed E-state index contributed by atoms with van der Waals surface area (Å²) >= 11 is 0. The summed E-state index contributed by atoms with van der Waals surface area (Å²) in [6, 6.07) is 14.1. The normalized spacial score (nSPS) is 15.1. The summed E-state index contributed by atoms with van der Waals surface area (Å²) in [6.07, 6.45) is -4.53. The van der Waals surface area contributed by atoms with E-state index in [1.54, 1.807) is 0 Å². The van der Waals surface area contributed by atoms with Gasteiger partial charge in [0.15, 0.2) is 0 Å². The molecule has 168 valence electrons. The molecule has 2 heterocycles. The van der Waals surface area contributed by atoms with Crippen molar-refractivity contribution in [1.82, 2.24) is 14.8 Å². The summed E-state index contributed by atoms with van der Waals surface area (Å²) in [4.78, 5) is 20.8. The molecule has 3 aromatic rings. The lowest BCUT2D eigenvalue weighted by molar-refractivity contribution is -0.136. The summed E-state index contributed by atoms with van der Waals surface area (Å²) in [6.45, 7) is 4.43. The van der Waals surface area contributed by atoms with Crippen molar-refractivity contribution in [1.29, 1.82) is 0 Å². The number of rotatable bonds is 4. The lowest BCUT2D eigenvalue weighted by atomic mass is 10.1. The molecule has 32 heavy (non-hydrogen) atoms. The van der Waals surface area contributed by atoms with E-state index in [1.807, 2.05) is 37.3 Å². The van der Waals surface area contributed by atoms with E-state index in [2.05, 4.69) is 15.2 Å². The molecule has 9 heteroatoms. The molecule has 0 unspecified atom stereocenters. The molecule has 0 bridgehead atoms. The third-order valence-electron chi connectivity index (χ3n) is 5.42. The summed E-state index contributed by atoms with van der Waals surface area (Å²) < 4.78 is 45.3. The molecule has 0 spiro atoms. The van der Waals surface area contributed by atoms with Crippen LogP contribution in [0.2, 0.25) is 0 Å². The van der Waals surface area contributed by atoms with Crippen LogP contribution in [0.4, 0.5) is 23.7 Å². The minimum atomic E-state index is -4.53. The summed E-state index contributed by atoms with van der Waals surface area (Å²) in [5, 5.41) is 2.40. The number of nitrogens with zero attached hydrogens (tertiary/aromatic N) is 3. The number of hydrogen-bond acceptors (Lipinski definition) is 4. The van der Waals surface area contributed by atoms with Crippen LogP contribution in [0.3, 0.4) is 0 Å². The van der Waals surface area contributed by atoms with Gasteiger partial charge in [-0.05, 0) is 31.2 Å². The summed E-state index contributed by atoms with van der Waals surface area (Å²) in [7, 11) is 0. The minimum absolute atomic E-state index is 0.237. The van der Waals surface area contributed by atoms with Gasteiger partial charge in [-0.3, -0.25) is 4.90 Å². The molecule has 1 N–H and O–H groups in total. The Kier molecular flexibility index (Phi) is 6.18. The van der Waals surface area contributed by atoms with Crippen LogP contribution in [0.15, 0.2) is 59.0 Å². The van der Waals surface area contributed by atoms with Gasteiger partial charge >= 0.3 is 12.2 Å². The number of nitrogens with one attached hydrogen (secondary N) is 1. The highest BCUT2D eigenvalue weighted by Crippen LogP contribution is 2.34. The highest BCUT2D eigenvalue weighted by molar-refractivity contribution is 5.90. The first-order chi connectivity index (χ1) is 15.3. The second kappa shape index (κ2) is 9.04. The fraction of sp³-hybridized carbons (Fsp3) is 0.304. The third kappa shape index (κ3) is 4.94. The molecular weight excluding hydrogens is 421 g/mol. The van der Waals surface area contributed by atoms with Crippen LogP contribution in [-0.2, 0) is 12.7 Å². The SMILES string of the molecule is Cc1oc(-c2ccccc2)nc1CN1CCN(C(=O)Nc2ccccc2C(F)(F)F)CC1. The Morgan fingerprint density at radius 3 is 2.38 bits per heavy atom. The number of oxazole rings is 1. The fourth-order valence-electron chi connectivity index (χ4n) is 3.63. The standard InChI is InChI=1S/C23H23F3N4O2/c1-16-20(27-21(32-16)17-7-3-2-4-8-17)15-29-11-13-30(14-12-29)22(31)28-19-10-6-5-9-18(19)23(24,25)26/h2-10H,11-15H2,1H3,(H,28,31). The van der Waals surface area contributed by atoms with Crippen molar-refractivity contribution < 1.29 is 22.4 Å². The van der Waals surface area contributed by atoms with Gasteiger partial charge < -0.3 is 14.6 Å². The maximum Gasteiger partial charge on any atom is 0.418 e. The van der Waals surface area contributed by atoms with Crippen molar-refractivity contribution in [2.24, 2.45) is 0 Å². The maximum absolute atomic E-state index is 13.2. The Bertz CT molecular complexity index is 1070. The predicted octanol–water partition coefficient (Wildman–Crippen LogP) is 5.02. The molecule has 2 aromatic carbocycles. The van der Waals surface area contributed by atoms with E-state index in [0.29, 0.717) is 38.6 Å². The molecule has 6 nitrogen and oxygen atoms in total. The van der Waals surface area contributed by atoms with Gasteiger partial charge in [0.05, 0.1) is 16.9 Å². The Balaban J connectivity index is 1.34. The van der Waals surface area contributed by atoms with Crippen LogP contribution in [-0.4, -0.2) is 47.0 Å². The van der Waals surface area contributed by atoms with Crippen molar-refractivity contribution in [2.45, 2.75) is 19.6 Å². The molecule has 4 rings (SSSR count). The fourth-order valence-corrected chi connectivity index (χ4v) is 3.63. The van der Waals surface area contributed by atoms with Gasteiger partial charge in [0, 0.05) is 38.3 Å². The molecule has 1 aliphatic heterocycles. The van der Waals surface area contributed by atoms with E-state index in [9.17, 15) is 18.0 Å². The van der Waals surface area contributed by atoms with Crippen LogP contribution < -0.4 is 5.32 Å². The lowest BCUT2D eigenvalue weighted by Gasteiger charge is -2.34. The quantitative estimate of drug-likeness (QED) is 0.614. The van der Waals surface area contributed by atoms with Crippen LogP contribution >= 0.6 is 0 Å². The molecule has 0 saturated carbocycles. The molecule has 1 fully saturated rings. The lowest BCUT2D eigenvalue weighted by Crippen LogP contribution is -2.49. The van der Waals surface area contributed by atoms with Gasteiger partial charge in [-0.2, -0.15) is 13.2 Å². The first kappa shape index (κ1) is 21.9. The van der Waals surface area contributed by atoms with Gasteiger partial charge in [0.25, 0.3) is 0 Å². The number of hydrogen-bond donors (Lipinski definition) is 1. The minimum Gasteiger partial charge on any atom is -0.441 e. The highest BCUT2D eigenvalue weighted by Gasteiger charge is 2.34. The number of carbonyl (C=O) groups is 1. The zero-order valence-electron chi connectivity index (χ0n) is 17.5. The molecule has 1 aromatic heterocycles. The second-order valence-corrected chi connectivity index (χ2v) is 7.62. The molecular formula is C23H23F3N4O2. The topological polar surface area (TPSA) is 61.6 Å². The molecule has 1 saturated heterocycles. The van der Waals surface area contributed by atoms with E-state index in [0.717, 1.165) is 23.1 Å².